The van der Waals surface area contributed by atoms with Crippen molar-refractivity contribution in [1.82, 2.24) is 29.0 Å². The third-order valence-electron chi connectivity index (χ3n) is 4.98. The zero-order valence-corrected chi connectivity index (χ0v) is 17.6. The Labute approximate surface area is 179 Å². The number of benzene rings is 1. The van der Waals surface area contributed by atoms with Crippen molar-refractivity contribution in [2.45, 2.75) is 0 Å². The Morgan fingerprint density at radius 2 is 1.77 bits per heavy atom. The summed E-state index contributed by atoms with van der Waals surface area (Å²) in [4.78, 5) is 34.5. The van der Waals surface area contributed by atoms with Crippen LogP contribution in [0, 0.1) is 0 Å². The number of aromatic nitrogens is 4. The lowest BCUT2D eigenvalue weighted by Crippen LogP contribution is -2.50. The number of carbonyl (C=O) groups excluding carboxylic acids is 2. The third-order valence-corrected chi connectivity index (χ3v) is 6.28. The van der Waals surface area contributed by atoms with E-state index in [1.54, 1.807) is 23.0 Å². The first-order valence-electron chi connectivity index (χ1n) is 9.54. The number of carbonyl (C=O) groups is 2. The summed E-state index contributed by atoms with van der Waals surface area (Å²) in [5.41, 5.74) is 1.69. The molecule has 0 atom stereocenters. The van der Waals surface area contributed by atoms with Gasteiger partial charge in [0.2, 0.25) is 10.0 Å². The Bertz CT molecular complexity index is 1200. The SMILES string of the molecule is CS(=O)(=O)N1CCN(C(=O)c2cc(C=O)nc(-c3ccc(-n4cccn4)cc3)n2)CC1. The summed E-state index contributed by atoms with van der Waals surface area (Å²) in [5.74, 6) is -0.109. The predicted octanol–water partition coefficient (Wildman–Crippen LogP) is 0.859. The van der Waals surface area contributed by atoms with Crippen LogP contribution in [0.4, 0.5) is 0 Å². The van der Waals surface area contributed by atoms with Crippen LogP contribution in [-0.4, -0.2) is 82.0 Å². The van der Waals surface area contributed by atoms with Crippen LogP contribution in [0.3, 0.4) is 0 Å². The van der Waals surface area contributed by atoms with Crippen LogP contribution >= 0.6 is 0 Å². The maximum atomic E-state index is 13.0. The second kappa shape index (κ2) is 8.36. The summed E-state index contributed by atoms with van der Waals surface area (Å²) >= 11 is 0. The molecule has 3 aromatic rings. The summed E-state index contributed by atoms with van der Waals surface area (Å²) in [5, 5.41) is 4.17. The highest BCUT2D eigenvalue weighted by molar-refractivity contribution is 7.88. The molecule has 1 saturated heterocycles. The van der Waals surface area contributed by atoms with Crippen molar-refractivity contribution in [3.05, 3.63) is 60.2 Å². The number of hydrogen-bond donors (Lipinski definition) is 0. The largest absolute Gasteiger partial charge is 0.335 e. The second-order valence-electron chi connectivity index (χ2n) is 7.07. The molecule has 1 aliphatic rings. The molecule has 1 fully saturated rings. The van der Waals surface area contributed by atoms with E-state index in [1.807, 2.05) is 24.4 Å². The first kappa shape index (κ1) is 20.8. The molecular weight excluding hydrogens is 420 g/mol. The Kier molecular flexibility index (Phi) is 5.61. The average Bonchev–Trinajstić information content (AvgIpc) is 3.33. The summed E-state index contributed by atoms with van der Waals surface area (Å²) < 4.78 is 26.4. The molecule has 10 nitrogen and oxygen atoms in total. The number of aldehydes is 1. The summed E-state index contributed by atoms with van der Waals surface area (Å²) in [6.45, 7) is 0.941. The summed E-state index contributed by atoms with van der Waals surface area (Å²) in [7, 11) is -3.30. The number of piperazine rings is 1. The number of nitrogens with zero attached hydrogens (tertiary/aromatic N) is 6. The molecule has 1 aliphatic heterocycles. The Hall–Kier alpha value is -3.44. The molecular formula is C20H20N6O4S. The van der Waals surface area contributed by atoms with Crippen LogP contribution in [0.25, 0.3) is 17.1 Å². The monoisotopic (exact) mass is 440 g/mol. The minimum absolute atomic E-state index is 0.0936. The molecule has 11 heteroatoms. The molecule has 0 bridgehead atoms. The molecule has 0 radical (unpaired) electrons. The Morgan fingerprint density at radius 3 is 2.35 bits per heavy atom. The van der Waals surface area contributed by atoms with E-state index in [-0.39, 0.29) is 49.3 Å². The Balaban J connectivity index is 1.58. The molecule has 3 heterocycles. The fourth-order valence-corrected chi connectivity index (χ4v) is 4.16. The van der Waals surface area contributed by atoms with Crippen LogP contribution < -0.4 is 0 Å². The van der Waals surface area contributed by atoms with E-state index in [0.717, 1.165) is 11.9 Å². The van der Waals surface area contributed by atoms with E-state index < -0.39 is 10.0 Å². The van der Waals surface area contributed by atoms with Gasteiger partial charge < -0.3 is 4.90 Å². The van der Waals surface area contributed by atoms with Crippen LogP contribution in [0.15, 0.2) is 48.8 Å². The second-order valence-corrected chi connectivity index (χ2v) is 9.05. The number of sulfonamides is 1. The van der Waals surface area contributed by atoms with Crippen molar-refractivity contribution in [1.29, 1.82) is 0 Å². The molecule has 1 aromatic carbocycles. The normalized spacial score (nSPS) is 15.1. The van der Waals surface area contributed by atoms with Crippen molar-refractivity contribution in [3.8, 4) is 17.1 Å². The fourth-order valence-electron chi connectivity index (χ4n) is 3.33. The lowest BCUT2D eigenvalue weighted by molar-refractivity contribution is 0.0692. The molecule has 2 aromatic heterocycles. The van der Waals surface area contributed by atoms with E-state index in [4.69, 9.17) is 0 Å². The van der Waals surface area contributed by atoms with Crippen LogP contribution in [0.1, 0.15) is 21.0 Å². The maximum absolute atomic E-state index is 13.0. The van der Waals surface area contributed by atoms with Gasteiger partial charge in [0.05, 0.1) is 11.9 Å². The lowest BCUT2D eigenvalue weighted by Gasteiger charge is -2.33. The smallest absolute Gasteiger partial charge is 0.272 e. The molecule has 160 valence electrons. The summed E-state index contributed by atoms with van der Waals surface area (Å²) in [6.07, 6.45) is 5.22. The fraction of sp³-hybridized carbons (Fsp3) is 0.250. The van der Waals surface area contributed by atoms with Gasteiger partial charge >= 0.3 is 0 Å². The number of hydrogen-bond acceptors (Lipinski definition) is 7. The van der Waals surface area contributed by atoms with Gasteiger partial charge in [-0.15, -0.1) is 0 Å². The molecule has 31 heavy (non-hydrogen) atoms. The van der Waals surface area contributed by atoms with E-state index in [2.05, 4.69) is 15.1 Å². The van der Waals surface area contributed by atoms with Crippen molar-refractivity contribution >= 4 is 22.2 Å². The van der Waals surface area contributed by atoms with E-state index in [0.29, 0.717) is 11.8 Å². The van der Waals surface area contributed by atoms with Gasteiger partial charge in [-0.2, -0.15) is 9.40 Å². The predicted molar refractivity (Wildman–Crippen MR) is 112 cm³/mol. The number of rotatable bonds is 5. The zero-order valence-electron chi connectivity index (χ0n) is 16.7. The van der Waals surface area contributed by atoms with Gasteiger partial charge in [-0.3, -0.25) is 9.59 Å². The topological polar surface area (TPSA) is 118 Å². The minimum atomic E-state index is -3.30. The molecule has 4 rings (SSSR count). The number of amides is 1. The molecule has 1 amide bonds. The van der Waals surface area contributed by atoms with Gasteiger partial charge in [0.15, 0.2) is 12.1 Å². The third kappa shape index (κ3) is 4.52. The molecule has 0 unspecified atom stereocenters. The van der Waals surface area contributed by atoms with Gasteiger partial charge in [-0.1, -0.05) is 0 Å². The molecule has 0 saturated carbocycles. The highest BCUT2D eigenvalue weighted by Gasteiger charge is 2.27. The van der Waals surface area contributed by atoms with Gasteiger partial charge in [0.1, 0.15) is 11.4 Å². The standard InChI is InChI=1S/C20H20N6O4S/c1-31(29,30)25-11-9-24(10-12-25)20(28)18-13-16(14-27)22-19(23-18)15-3-5-17(6-4-15)26-8-2-7-21-26/h2-8,13-14H,9-12H2,1H3. The van der Waals surface area contributed by atoms with Crippen molar-refractivity contribution in [2.24, 2.45) is 0 Å². The van der Waals surface area contributed by atoms with E-state index in [9.17, 15) is 18.0 Å². The minimum Gasteiger partial charge on any atom is -0.335 e. The Morgan fingerprint density at radius 1 is 1.06 bits per heavy atom. The van der Waals surface area contributed by atoms with Crippen LogP contribution in [-0.2, 0) is 10.0 Å². The van der Waals surface area contributed by atoms with Gasteiger partial charge in [-0.25, -0.2) is 23.1 Å². The highest BCUT2D eigenvalue weighted by atomic mass is 32.2. The highest BCUT2D eigenvalue weighted by Crippen LogP contribution is 2.19. The first-order chi connectivity index (χ1) is 14.8. The average molecular weight is 440 g/mol. The van der Waals surface area contributed by atoms with E-state index in [1.165, 1.54) is 15.3 Å². The zero-order chi connectivity index (χ0) is 22.0. The summed E-state index contributed by atoms with van der Waals surface area (Å²) in [6, 6.07) is 10.4. The van der Waals surface area contributed by atoms with E-state index >= 15 is 0 Å². The van der Waals surface area contributed by atoms with Crippen LogP contribution in [0.5, 0.6) is 0 Å². The maximum Gasteiger partial charge on any atom is 0.272 e. The van der Waals surface area contributed by atoms with Crippen molar-refractivity contribution in [3.63, 3.8) is 0 Å². The van der Waals surface area contributed by atoms with Crippen molar-refractivity contribution < 1.29 is 18.0 Å². The molecule has 0 spiro atoms. The van der Waals surface area contributed by atoms with Gasteiger partial charge in [0, 0.05) is 44.1 Å². The van der Waals surface area contributed by atoms with Gasteiger partial charge in [-0.05, 0) is 36.4 Å². The molecule has 0 aliphatic carbocycles. The first-order valence-corrected chi connectivity index (χ1v) is 11.4. The lowest BCUT2D eigenvalue weighted by atomic mass is 10.1. The van der Waals surface area contributed by atoms with Gasteiger partial charge in [0.25, 0.3) is 5.91 Å². The van der Waals surface area contributed by atoms with Crippen LogP contribution in [0.2, 0.25) is 0 Å². The molecule has 0 N–H and O–H groups in total. The van der Waals surface area contributed by atoms with Crippen molar-refractivity contribution in [2.75, 3.05) is 32.4 Å². The quantitative estimate of drug-likeness (QED) is 0.540.